The van der Waals surface area contributed by atoms with Crippen molar-refractivity contribution in [1.29, 1.82) is 0 Å². The summed E-state index contributed by atoms with van der Waals surface area (Å²) in [7, 11) is 0. The van der Waals surface area contributed by atoms with E-state index in [4.69, 9.17) is 8.83 Å². The van der Waals surface area contributed by atoms with E-state index >= 15 is 0 Å². The Hall–Kier alpha value is -3.75. The van der Waals surface area contributed by atoms with Crippen molar-refractivity contribution in [3.63, 3.8) is 0 Å². The SMILES string of the molecule is Cc1ccc(-c2c(C)c(C)cc3c2C=C(c2ccc(C)o2)[CH]3[Zr+2](=[C]2CCC2)[CH]2C(c3ccc(C)o3)=Cc3c2cc(C)c(C)c3-c2ccc(C)cc2)cc1.[Cl-].[Cl-]. The number of allylic oxidation sites excluding steroid dienone is 2. The number of furan rings is 2. The van der Waals surface area contributed by atoms with Crippen LogP contribution < -0.4 is 24.8 Å². The van der Waals surface area contributed by atoms with E-state index in [1.54, 1.807) is 0 Å². The van der Waals surface area contributed by atoms with E-state index in [9.17, 15) is 0 Å². The molecule has 2 atom stereocenters. The van der Waals surface area contributed by atoms with Gasteiger partial charge >= 0.3 is 324 Å². The van der Waals surface area contributed by atoms with Gasteiger partial charge in [-0.05, 0) is 0 Å². The average molecular weight is 843 g/mol. The maximum atomic E-state index is 6.62. The molecule has 2 nitrogen and oxygen atoms in total. The van der Waals surface area contributed by atoms with Crippen LogP contribution >= 0.6 is 0 Å². The summed E-state index contributed by atoms with van der Waals surface area (Å²) in [6, 6.07) is 32.2. The normalized spacial score (nSPS) is 16.6. The fourth-order valence-electron chi connectivity index (χ4n) is 9.20. The maximum Gasteiger partial charge on any atom is -1.00 e. The fourth-order valence-corrected chi connectivity index (χ4v) is 19.9. The van der Waals surface area contributed by atoms with Gasteiger partial charge in [0.05, 0.1) is 0 Å². The van der Waals surface area contributed by atoms with Crippen LogP contribution in [0.2, 0.25) is 0 Å². The fraction of sp³-hybridized carbons (Fsp3) is 0.260. The Bertz CT molecular complexity index is 2380. The molecule has 1 fully saturated rings. The third-order valence-corrected chi connectivity index (χ3v) is 21.8. The van der Waals surface area contributed by atoms with Gasteiger partial charge in [0, 0.05) is 0 Å². The first-order chi connectivity index (χ1) is 25.6. The van der Waals surface area contributed by atoms with Gasteiger partial charge in [0.15, 0.2) is 0 Å². The number of rotatable bonds is 6. The molecule has 6 aromatic rings. The summed E-state index contributed by atoms with van der Waals surface area (Å²) >= 11 is -2.80. The number of fused-ring (bicyclic) bond motifs is 2. The average Bonchev–Trinajstić information content (AvgIpc) is 3.91. The second-order valence-corrected chi connectivity index (χ2v) is 22.7. The predicted octanol–water partition coefficient (Wildman–Crippen LogP) is 7.55. The number of halogens is 2. The molecule has 278 valence electrons. The first-order valence-electron chi connectivity index (χ1n) is 19.3. The minimum atomic E-state index is -2.80. The van der Waals surface area contributed by atoms with Gasteiger partial charge in [-0.3, -0.25) is 0 Å². The molecule has 1 saturated carbocycles. The second-order valence-electron chi connectivity index (χ2n) is 15.9. The maximum absolute atomic E-state index is 6.62. The molecule has 0 bridgehead atoms. The number of aryl methyl sites for hydroxylation is 6. The third-order valence-electron chi connectivity index (χ3n) is 12.4. The molecule has 2 aromatic heterocycles. The van der Waals surface area contributed by atoms with Gasteiger partial charge in [0.1, 0.15) is 0 Å². The van der Waals surface area contributed by atoms with Crippen molar-refractivity contribution in [3.8, 4) is 22.3 Å². The van der Waals surface area contributed by atoms with E-state index in [1.807, 2.05) is 3.21 Å². The van der Waals surface area contributed by atoms with Gasteiger partial charge < -0.3 is 24.8 Å². The van der Waals surface area contributed by atoms with Crippen LogP contribution in [-0.4, -0.2) is 3.21 Å². The summed E-state index contributed by atoms with van der Waals surface area (Å²) in [5, 5.41) is 0. The molecule has 0 radical (unpaired) electrons. The standard InChI is InChI=1S/2C23H21O.C4H6.2ClH.Zr/c2*1-14-5-8-18(9-6-14)23-17(4)15(2)11-19-12-20(13-21(19)23)22-10-7-16(3)24-22;1-2-4-3-1;;;/h2*5-13H,1-4H3;1-3H2;2*1H;/q;;;;;+2/p-2. The largest absolute Gasteiger partial charge is 1.00 e. The molecule has 3 aliphatic carbocycles. The molecular formula is C50H48Cl2O2Zr. The van der Waals surface area contributed by atoms with E-state index in [2.05, 4.69) is 152 Å². The molecule has 0 aliphatic heterocycles. The van der Waals surface area contributed by atoms with Gasteiger partial charge in [0.25, 0.3) is 0 Å². The minimum Gasteiger partial charge on any atom is -1.00 e. The molecule has 0 N–H and O–H groups in total. The van der Waals surface area contributed by atoms with E-state index < -0.39 is 21.3 Å². The molecule has 0 spiro atoms. The van der Waals surface area contributed by atoms with Crippen molar-refractivity contribution in [1.82, 2.24) is 0 Å². The molecular weight excluding hydrogens is 795 g/mol. The monoisotopic (exact) mass is 840 g/mol. The van der Waals surface area contributed by atoms with Crippen molar-refractivity contribution in [2.45, 2.75) is 81.9 Å². The summed E-state index contributed by atoms with van der Waals surface area (Å²) < 4.78 is 15.7. The summed E-state index contributed by atoms with van der Waals surface area (Å²) in [6.45, 7) is 17.8. The van der Waals surface area contributed by atoms with Gasteiger partial charge in [-0.15, -0.1) is 0 Å². The van der Waals surface area contributed by atoms with Gasteiger partial charge in [-0.25, -0.2) is 0 Å². The topological polar surface area (TPSA) is 26.3 Å². The summed E-state index contributed by atoms with van der Waals surface area (Å²) in [6.07, 6.45) is 8.85. The molecule has 2 unspecified atom stereocenters. The number of benzene rings is 4. The molecule has 9 rings (SSSR count). The molecule has 3 aliphatic rings. The van der Waals surface area contributed by atoms with Crippen LogP contribution in [0.3, 0.4) is 0 Å². The Morgan fingerprint density at radius 2 is 0.909 bits per heavy atom. The van der Waals surface area contributed by atoms with E-state index in [-0.39, 0.29) is 24.8 Å². The zero-order chi connectivity index (χ0) is 36.7. The molecule has 0 amide bonds. The van der Waals surface area contributed by atoms with Crippen LogP contribution in [-0.2, 0) is 21.3 Å². The number of hydrogen-bond donors (Lipinski definition) is 0. The predicted molar refractivity (Wildman–Crippen MR) is 219 cm³/mol. The van der Waals surface area contributed by atoms with Crippen LogP contribution in [0.1, 0.15) is 105 Å². The summed E-state index contributed by atoms with van der Waals surface area (Å²) in [5.74, 6) is 4.00. The van der Waals surface area contributed by atoms with Crippen LogP contribution in [0.25, 0.3) is 45.6 Å². The van der Waals surface area contributed by atoms with Crippen molar-refractivity contribution >= 4 is 26.5 Å². The Labute approximate surface area is 346 Å². The van der Waals surface area contributed by atoms with Crippen LogP contribution in [0.15, 0.2) is 93.8 Å². The molecule has 5 heteroatoms. The van der Waals surface area contributed by atoms with Gasteiger partial charge in [-0.2, -0.15) is 0 Å². The quantitative estimate of drug-likeness (QED) is 0.173. The Morgan fingerprint density at radius 3 is 1.24 bits per heavy atom. The first-order valence-corrected chi connectivity index (χ1v) is 23.3. The van der Waals surface area contributed by atoms with Crippen molar-refractivity contribution in [2.24, 2.45) is 0 Å². The molecule has 4 aromatic carbocycles. The second kappa shape index (κ2) is 15.3. The van der Waals surface area contributed by atoms with Gasteiger partial charge in [-0.1, -0.05) is 0 Å². The van der Waals surface area contributed by atoms with Crippen molar-refractivity contribution in [2.75, 3.05) is 0 Å². The summed E-state index contributed by atoms with van der Waals surface area (Å²) in [4.78, 5) is 0. The molecule has 55 heavy (non-hydrogen) atoms. The Morgan fingerprint density at radius 1 is 0.509 bits per heavy atom. The third kappa shape index (κ3) is 6.69. The Kier molecular flexibility index (Phi) is 11.0. The van der Waals surface area contributed by atoms with Crippen molar-refractivity contribution < 1.29 is 54.9 Å². The molecule has 2 heterocycles. The van der Waals surface area contributed by atoms with E-state index in [0.29, 0.717) is 7.25 Å². The smallest absolute Gasteiger partial charge is 1.00 e. The van der Waals surface area contributed by atoms with Crippen LogP contribution in [0, 0.1) is 55.4 Å². The Balaban J connectivity index is 0.00000233. The molecule has 0 saturated heterocycles. The van der Waals surface area contributed by atoms with E-state index in [1.165, 1.54) is 108 Å². The number of hydrogen-bond acceptors (Lipinski definition) is 2. The minimum absolute atomic E-state index is 0. The first kappa shape index (κ1) is 39.5. The van der Waals surface area contributed by atoms with Crippen molar-refractivity contribution in [3.05, 3.63) is 164 Å². The van der Waals surface area contributed by atoms with Gasteiger partial charge in [0.2, 0.25) is 0 Å². The van der Waals surface area contributed by atoms with Crippen LogP contribution in [0.4, 0.5) is 0 Å². The zero-order valence-corrected chi connectivity index (χ0v) is 37.1. The zero-order valence-electron chi connectivity index (χ0n) is 33.1. The van der Waals surface area contributed by atoms with E-state index in [0.717, 1.165) is 23.0 Å². The summed E-state index contributed by atoms with van der Waals surface area (Å²) in [5.41, 5.74) is 22.0. The van der Waals surface area contributed by atoms with Crippen LogP contribution in [0.5, 0.6) is 0 Å².